The molecule has 0 spiro atoms. The summed E-state index contributed by atoms with van der Waals surface area (Å²) in [6.45, 7) is 2.59. The van der Waals surface area contributed by atoms with E-state index >= 15 is 0 Å². The Kier molecular flexibility index (Phi) is 6.80. The normalized spacial score (nSPS) is 13.7. The van der Waals surface area contributed by atoms with Crippen LogP contribution in [0.15, 0.2) is 48.5 Å². The Bertz CT molecular complexity index is 903. The summed E-state index contributed by atoms with van der Waals surface area (Å²) in [5.74, 6) is -0.630. The van der Waals surface area contributed by atoms with E-state index in [2.05, 4.69) is 5.32 Å². The van der Waals surface area contributed by atoms with Gasteiger partial charge in [0.15, 0.2) is 0 Å². The maximum atomic E-state index is 13.8. The van der Waals surface area contributed by atoms with Crippen molar-refractivity contribution in [3.63, 3.8) is 0 Å². The molecule has 0 aliphatic carbocycles. The zero-order valence-electron chi connectivity index (χ0n) is 16.1. The molecule has 150 valence electrons. The van der Waals surface area contributed by atoms with Crippen LogP contribution in [0.3, 0.4) is 0 Å². The molecule has 7 heteroatoms. The molecule has 2 aromatic rings. The number of carbonyl (C=O) groups is 2. The van der Waals surface area contributed by atoms with E-state index in [1.165, 1.54) is 6.07 Å². The van der Waals surface area contributed by atoms with Crippen LogP contribution in [-0.2, 0) is 4.79 Å². The third-order valence-electron chi connectivity index (χ3n) is 4.97. The Labute approximate surface area is 169 Å². The van der Waals surface area contributed by atoms with Crippen LogP contribution < -0.4 is 10.2 Å². The third kappa shape index (κ3) is 5.11. The lowest BCUT2D eigenvalue weighted by Gasteiger charge is -2.36. The van der Waals surface area contributed by atoms with Gasteiger partial charge >= 0.3 is 0 Å². The first-order valence-electron chi connectivity index (χ1n) is 9.64. The summed E-state index contributed by atoms with van der Waals surface area (Å²) in [7, 11) is 0. The van der Waals surface area contributed by atoms with Crippen LogP contribution in [-0.4, -0.2) is 49.4 Å². The summed E-state index contributed by atoms with van der Waals surface area (Å²) in [5, 5.41) is 12.0. The highest BCUT2D eigenvalue weighted by molar-refractivity contribution is 5.94. The van der Waals surface area contributed by atoms with Gasteiger partial charge in [-0.25, -0.2) is 4.39 Å². The second kappa shape index (κ2) is 9.69. The minimum Gasteiger partial charge on any atom is -0.367 e. The summed E-state index contributed by atoms with van der Waals surface area (Å²) >= 11 is 0. The first-order chi connectivity index (χ1) is 14.1. The van der Waals surface area contributed by atoms with Crippen molar-refractivity contribution >= 4 is 17.5 Å². The van der Waals surface area contributed by atoms with Crippen molar-refractivity contribution in [2.24, 2.45) is 0 Å². The van der Waals surface area contributed by atoms with Gasteiger partial charge in [0.05, 0.1) is 5.69 Å². The van der Waals surface area contributed by atoms with Gasteiger partial charge in [-0.15, -0.1) is 0 Å². The minimum absolute atomic E-state index is 0.0401. The van der Waals surface area contributed by atoms with Gasteiger partial charge in [-0.3, -0.25) is 9.59 Å². The van der Waals surface area contributed by atoms with Crippen LogP contribution in [0, 0.1) is 17.1 Å². The van der Waals surface area contributed by atoms with Gasteiger partial charge in [-0.2, -0.15) is 5.26 Å². The molecule has 1 saturated heterocycles. The van der Waals surface area contributed by atoms with E-state index in [0.717, 1.165) is 0 Å². The van der Waals surface area contributed by atoms with Crippen molar-refractivity contribution in [2.75, 3.05) is 37.6 Å². The number of amides is 2. The Morgan fingerprint density at radius 3 is 2.45 bits per heavy atom. The van der Waals surface area contributed by atoms with E-state index in [4.69, 9.17) is 0 Å². The van der Waals surface area contributed by atoms with Gasteiger partial charge in [0.2, 0.25) is 5.91 Å². The molecule has 1 N–H and O–H groups in total. The Hall–Kier alpha value is -3.40. The Morgan fingerprint density at radius 1 is 1.03 bits per heavy atom. The lowest BCUT2D eigenvalue weighted by molar-refractivity contribution is -0.131. The molecule has 0 saturated carbocycles. The molecule has 1 aliphatic heterocycles. The van der Waals surface area contributed by atoms with E-state index in [0.29, 0.717) is 56.8 Å². The van der Waals surface area contributed by atoms with E-state index in [9.17, 15) is 19.2 Å². The molecule has 1 aliphatic rings. The van der Waals surface area contributed by atoms with Crippen LogP contribution in [0.2, 0.25) is 0 Å². The van der Waals surface area contributed by atoms with Crippen LogP contribution in [0.1, 0.15) is 28.8 Å². The molecule has 6 nitrogen and oxygen atoms in total. The molecule has 29 heavy (non-hydrogen) atoms. The number of nitrogens with zero attached hydrogens (tertiary/aromatic N) is 3. The van der Waals surface area contributed by atoms with E-state index < -0.39 is 5.82 Å². The van der Waals surface area contributed by atoms with Crippen LogP contribution in [0.25, 0.3) is 0 Å². The largest absolute Gasteiger partial charge is 0.367 e. The highest BCUT2D eigenvalue weighted by atomic mass is 19.1. The molecular formula is C22H23FN4O2. The SMILES string of the molecule is N#Cc1c(F)cccc1N1CCN(C(=O)CCCNC(=O)c2ccccc2)CC1. The Balaban J connectivity index is 1.42. The summed E-state index contributed by atoms with van der Waals surface area (Å²) < 4.78 is 13.8. The molecule has 0 bridgehead atoms. The number of nitriles is 1. The van der Waals surface area contributed by atoms with Crippen molar-refractivity contribution in [2.45, 2.75) is 12.8 Å². The highest BCUT2D eigenvalue weighted by Gasteiger charge is 2.23. The second-order valence-electron chi connectivity index (χ2n) is 6.84. The molecule has 2 aromatic carbocycles. The molecule has 2 amide bonds. The number of rotatable bonds is 6. The van der Waals surface area contributed by atoms with E-state index in [-0.39, 0.29) is 17.4 Å². The van der Waals surface area contributed by atoms with Crippen LogP contribution in [0.4, 0.5) is 10.1 Å². The first-order valence-corrected chi connectivity index (χ1v) is 9.64. The summed E-state index contributed by atoms with van der Waals surface area (Å²) in [4.78, 5) is 28.1. The number of halogens is 1. The molecule has 1 heterocycles. The molecule has 3 rings (SSSR count). The number of hydrogen-bond acceptors (Lipinski definition) is 4. The molecule has 0 aromatic heterocycles. The van der Waals surface area contributed by atoms with Crippen LogP contribution in [0.5, 0.6) is 0 Å². The maximum Gasteiger partial charge on any atom is 0.251 e. The molecule has 0 atom stereocenters. The maximum absolute atomic E-state index is 13.8. The lowest BCUT2D eigenvalue weighted by Crippen LogP contribution is -2.49. The van der Waals surface area contributed by atoms with Crippen molar-refractivity contribution in [1.29, 1.82) is 5.26 Å². The number of hydrogen-bond donors (Lipinski definition) is 1. The molecule has 1 fully saturated rings. The third-order valence-corrected chi connectivity index (χ3v) is 4.97. The molecule has 0 radical (unpaired) electrons. The van der Waals surface area contributed by atoms with Gasteiger partial charge in [-0.05, 0) is 30.7 Å². The zero-order chi connectivity index (χ0) is 20.6. The van der Waals surface area contributed by atoms with Crippen molar-refractivity contribution < 1.29 is 14.0 Å². The molecular weight excluding hydrogens is 371 g/mol. The number of nitrogens with one attached hydrogen (secondary N) is 1. The average molecular weight is 394 g/mol. The number of anilines is 1. The van der Waals surface area contributed by atoms with Crippen molar-refractivity contribution in [1.82, 2.24) is 10.2 Å². The number of piperazine rings is 1. The average Bonchev–Trinajstić information content (AvgIpc) is 2.77. The summed E-state index contributed by atoms with van der Waals surface area (Å²) in [6, 6.07) is 15.5. The minimum atomic E-state index is -0.527. The topological polar surface area (TPSA) is 76.4 Å². The predicted molar refractivity (Wildman–Crippen MR) is 108 cm³/mol. The van der Waals surface area contributed by atoms with E-state index in [1.807, 2.05) is 29.2 Å². The fourth-order valence-electron chi connectivity index (χ4n) is 3.37. The fourth-order valence-corrected chi connectivity index (χ4v) is 3.37. The monoisotopic (exact) mass is 394 g/mol. The zero-order valence-corrected chi connectivity index (χ0v) is 16.1. The summed E-state index contributed by atoms with van der Waals surface area (Å²) in [6.07, 6.45) is 0.929. The Morgan fingerprint density at radius 2 is 1.76 bits per heavy atom. The summed E-state index contributed by atoms with van der Waals surface area (Å²) in [5.41, 5.74) is 1.22. The standard InChI is InChI=1S/C22H23FN4O2/c23-19-8-4-9-20(18(19)16-24)26-12-14-27(15-13-26)21(28)10-5-11-25-22(29)17-6-2-1-3-7-17/h1-4,6-9H,5,10-15H2,(H,25,29). The highest BCUT2D eigenvalue weighted by Crippen LogP contribution is 2.23. The van der Waals surface area contributed by atoms with Crippen molar-refractivity contribution in [3.05, 3.63) is 65.5 Å². The lowest BCUT2D eigenvalue weighted by atomic mass is 10.1. The van der Waals surface area contributed by atoms with Gasteiger partial charge in [0, 0.05) is 44.7 Å². The van der Waals surface area contributed by atoms with Gasteiger partial charge in [0.25, 0.3) is 5.91 Å². The first kappa shape index (κ1) is 20.3. The van der Waals surface area contributed by atoms with Gasteiger partial charge < -0.3 is 15.1 Å². The predicted octanol–water partition coefficient (Wildman–Crippen LogP) is 2.56. The second-order valence-corrected chi connectivity index (χ2v) is 6.84. The number of benzene rings is 2. The smallest absolute Gasteiger partial charge is 0.251 e. The molecule has 0 unspecified atom stereocenters. The van der Waals surface area contributed by atoms with Crippen molar-refractivity contribution in [3.8, 4) is 6.07 Å². The fraction of sp³-hybridized carbons (Fsp3) is 0.318. The quantitative estimate of drug-likeness (QED) is 0.764. The number of carbonyl (C=O) groups excluding carboxylic acids is 2. The van der Waals surface area contributed by atoms with Gasteiger partial charge in [-0.1, -0.05) is 24.3 Å². The van der Waals surface area contributed by atoms with E-state index in [1.54, 1.807) is 29.2 Å². The van der Waals surface area contributed by atoms with Gasteiger partial charge in [0.1, 0.15) is 17.4 Å². The van der Waals surface area contributed by atoms with Crippen LogP contribution >= 0.6 is 0 Å².